The van der Waals surface area contributed by atoms with E-state index in [0.29, 0.717) is 19.5 Å². The third-order valence-electron chi connectivity index (χ3n) is 3.85. The summed E-state index contributed by atoms with van der Waals surface area (Å²) in [5.41, 5.74) is 2.82. The number of carbonyl (C=O) groups excluding carboxylic acids is 1. The summed E-state index contributed by atoms with van der Waals surface area (Å²) < 4.78 is 0. The highest BCUT2D eigenvalue weighted by atomic mass is 32.1. The molecule has 0 atom stereocenters. The van der Waals surface area contributed by atoms with Crippen LogP contribution in [0.3, 0.4) is 0 Å². The summed E-state index contributed by atoms with van der Waals surface area (Å²) in [7, 11) is 1.82. The summed E-state index contributed by atoms with van der Waals surface area (Å²) in [5, 5.41) is 13.3. The predicted molar refractivity (Wildman–Crippen MR) is 85.6 cm³/mol. The highest BCUT2D eigenvalue weighted by Crippen LogP contribution is 2.36. The van der Waals surface area contributed by atoms with Gasteiger partial charge in [-0.15, -0.1) is 11.3 Å². The Kier molecular flexibility index (Phi) is 4.07. The third kappa shape index (κ3) is 2.68. The summed E-state index contributed by atoms with van der Waals surface area (Å²) in [4.78, 5) is 19.4. The molecule has 5 nitrogen and oxygen atoms in total. The summed E-state index contributed by atoms with van der Waals surface area (Å²) >= 11 is 1.58. The monoisotopic (exact) mass is 312 g/mol. The SMILES string of the molecule is CNc1sc2c(c1C#N)CCN(C(=O)Cc1ccncc1)C2. The molecule has 3 heterocycles. The second kappa shape index (κ2) is 6.16. The molecule has 0 bridgehead atoms. The molecule has 1 aliphatic rings. The van der Waals surface area contributed by atoms with Crippen molar-refractivity contribution >= 4 is 22.2 Å². The Morgan fingerprint density at radius 2 is 2.27 bits per heavy atom. The number of amides is 1. The van der Waals surface area contributed by atoms with Crippen LogP contribution in [0.25, 0.3) is 0 Å². The molecule has 22 heavy (non-hydrogen) atoms. The molecule has 0 radical (unpaired) electrons. The van der Waals surface area contributed by atoms with Gasteiger partial charge in [-0.1, -0.05) is 0 Å². The van der Waals surface area contributed by atoms with Crippen molar-refractivity contribution in [2.24, 2.45) is 0 Å². The molecule has 0 spiro atoms. The van der Waals surface area contributed by atoms with Crippen molar-refractivity contribution in [2.45, 2.75) is 19.4 Å². The largest absolute Gasteiger partial charge is 0.379 e. The first-order valence-electron chi connectivity index (χ1n) is 7.12. The van der Waals surface area contributed by atoms with Crippen molar-refractivity contribution in [3.63, 3.8) is 0 Å². The standard InChI is InChI=1S/C16H16N4OS/c1-18-16-13(9-17)12-4-7-20(10-14(12)22-16)15(21)8-11-2-5-19-6-3-11/h2-3,5-6,18H,4,7-8,10H2,1H3. The van der Waals surface area contributed by atoms with Crippen molar-refractivity contribution in [3.8, 4) is 6.07 Å². The Hall–Kier alpha value is -2.39. The molecule has 6 heteroatoms. The molecule has 0 saturated heterocycles. The molecule has 0 saturated carbocycles. The minimum atomic E-state index is 0.120. The number of aromatic nitrogens is 1. The van der Waals surface area contributed by atoms with Gasteiger partial charge in [-0.2, -0.15) is 5.26 Å². The van der Waals surface area contributed by atoms with Crippen LogP contribution in [0.5, 0.6) is 0 Å². The van der Waals surface area contributed by atoms with E-state index < -0.39 is 0 Å². The fraction of sp³-hybridized carbons (Fsp3) is 0.312. The number of pyridine rings is 1. The molecule has 0 fully saturated rings. The van der Waals surface area contributed by atoms with Crippen molar-refractivity contribution < 1.29 is 4.79 Å². The van der Waals surface area contributed by atoms with E-state index in [1.54, 1.807) is 23.7 Å². The fourth-order valence-corrected chi connectivity index (χ4v) is 3.86. The van der Waals surface area contributed by atoms with Gasteiger partial charge in [0.2, 0.25) is 5.91 Å². The quantitative estimate of drug-likeness (QED) is 0.943. The number of nitrogens with one attached hydrogen (secondary N) is 1. The van der Waals surface area contributed by atoms with Gasteiger partial charge in [0.15, 0.2) is 0 Å². The molecule has 1 N–H and O–H groups in total. The lowest BCUT2D eigenvalue weighted by Gasteiger charge is -2.27. The van der Waals surface area contributed by atoms with Crippen molar-refractivity contribution in [2.75, 3.05) is 18.9 Å². The average Bonchev–Trinajstić information content (AvgIpc) is 2.92. The Bertz CT molecular complexity index is 733. The van der Waals surface area contributed by atoms with Crippen LogP contribution < -0.4 is 5.32 Å². The fourth-order valence-electron chi connectivity index (χ4n) is 2.70. The van der Waals surface area contributed by atoms with Gasteiger partial charge in [0, 0.05) is 30.9 Å². The molecular weight excluding hydrogens is 296 g/mol. The maximum atomic E-state index is 12.4. The smallest absolute Gasteiger partial charge is 0.227 e. The van der Waals surface area contributed by atoms with Crippen molar-refractivity contribution in [1.29, 1.82) is 5.26 Å². The van der Waals surface area contributed by atoms with Crippen LogP contribution >= 0.6 is 11.3 Å². The maximum Gasteiger partial charge on any atom is 0.227 e. The summed E-state index contributed by atoms with van der Waals surface area (Å²) in [5.74, 6) is 0.120. The Morgan fingerprint density at radius 3 is 2.95 bits per heavy atom. The van der Waals surface area contributed by atoms with E-state index >= 15 is 0 Å². The lowest BCUT2D eigenvalue weighted by Crippen LogP contribution is -2.36. The van der Waals surface area contributed by atoms with Gasteiger partial charge >= 0.3 is 0 Å². The average molecular weight is 312 g/mol. The molecule has 0 unspecified atom stereocenters. The van der Waals surface area contributed by atoms with Gasteiger partial charge in [0.05, 0.1) is 18.5 Å². The maximum absolute atomic E-state index is 12.4. The second-order valence-electron chi connectivity index (χ2n) is 5.17. The topological polar surface area (TPSA) is 69.0 Å². The zero-order valence-corrected chi connectivity index (χ0v) is 13.1. The van der Waals surface area contributed by atoms with Crippen LogP contribution in [0.1, 0.15) is 21.6 Å². The molecule has 0 aliphatic carbocycles. The molecule has 112 valence electrons. The van der Waals surface area contributed by atoms with E-state index in [9.17, 15) is 10.1 Å². The summed E-state index contributed by atoms with van der Waals surface area (Å²) in [6, 6.07) is 6.01. The van der Waals surface area contributed by atoms with Gasteiger partial charge in [0.1, 0.15) is 11.1 Å². The molecule has 1 aliphatic heterocycles. The number of thiophene rings is 1. The first-order chi connectivity index (χ1) is 10.7. The van der Waals surface area contributed by atoms with Crippen LogP contribution in [-0.4, -0.2) is 29.4 Å². The number of nitrogens with zero attached hydrogens (tertiary/aromatic N) is 3. The number of anilines is 1. The number of hydrogen-bond acceptors (Lipinski definition) is 5. The van der Waals surface area contributed by atoms with Gasteiger partial charge in [0.25, 0.3) is 0 Å². The van der Waals surface area contributed by atoms with E-state index in [1.165, 1.54) is 0 Å². The van der Waals surface area contributed by atoms with E-state index in [4.69, 9.17) is 0 Å². The third-order valence-corrected chi connectivity index (χ3v) is 5.09. The first-order valence-corrected chi connectivity index (χ1v) is 7.93. The van der Waals surface area contributed by atoms with Crippen LogP contribution in [0.15, 0.2) is 24.5 Å². The lowest BCUT2D eigenvalue weighted by molar-refractivity contribution is -0.131. The normalized spacial score (nSPS) is 13.4. The molecule has 0 aromatic carbocycles. The summed E-state index contributed by atoms with van der Waals surface area (Å²) in [6.45, 7) is 1.27. The number of hydrogen-bond donors (Lipinski definition) is 1. The number of rotatable bonds is 3. The number of carbonyl (C=O) groups is 1. The highest BCUT2D eigenvalue weighted by Gasteiger charge is 2.26. The molecule has 2 aromatic rings. The van der Waals surface area contributed by atoms with E-state index in [-0.39, 0.29) is 5.91 Å². The molecular formula is C16H16N4OS. The van der Waals surface area contributed by atoms with Crippen LogP contribution in [0.4, 0.5) is 5.00 Å². The van der Waals surface area contributed by atoms with Crippen molar-refractivity contribution in [3.05, 3.63) is 46.1 Å². The zero-order valence-electron chi connectivity index (χ0n) is 12.3. The van der Waals surface area contributed by atoms with Gasteiger partial charge in [-0.25, -0.2) is 0 Å². The van der Waals surface area contributed by atoms with E-state index in [1.807, 2.05) is 24.1 Å². The lowest BCUT2D eigenvalue weighted by atomic mass is 10.0. The predicted octanol–water partition coefficient (Wildman–Crippen LogP) is 2.18. The van der Waals surface area contributed by atoms with Crippen LogP contribution in [-0.2, 0) is 24.2 Å². The molecule has 2 aromatic heterocycles. The Labute approximate surface area is 133 Å². The van der Waals surface area contributed by atoms with Gasteiger partial charge < -0.3 is 10.2 Å². The highest BCUT2D eigenvalue weighted by molar-refractivity contribution is 7.16. The Morgan fingerprint density at radius 1 is 1.50 bits per heavy atom. The van der Waals surface area contributed by atoms with Crippen LogP contribution in [0.2, 0.25) is 0 Å². The van der Waals surface area contributed by atoms with E-state index in [2.05, 4.69) is 16.4 Å². The van der Waals surface area contributed by atoms with Gasteiger partial charge in [-0.05, 0) is 29.7 Å². The second-order valence-corrected chi connectivity index (χ2v) is 6.27. The number of fused-ring (bicyclic) bond motifs is 1. The zero-order chi connectivity index (χ0) is 15.5. The Balaban J connectivity index is 1.76. The number of nitriles is 1. The first kappa shape index (κ1) is 14.5. The minimum absolute atomic E-state index is 0.120. The van der Waals surface area contributed by atoms with Crippen molar-refractivity contribution in [1.82, 2.24) is 9.88 Å². The molecule has 3 rings (SSSR count). The van der Waals surface area contributed by atoms with E-state index in [0.717, 1.165) is 33.0 Å². The minimum Gasteiger partial charge on any atom is -0.379 e. The van der Waals surface area contributed by atoms with Crippen LogP contribution in [0, 0.1) is 11.3 Å². The molecule has 1 amide bonds. The van der Waals surface area contributed by atoms with Gasteiger partial charge in [-0.3, -0.25) is 9.78 Å². The summed E-state index contributed by atoms with van der Waals surface area (Å²) in [6.07, 6.45) is 4.55.